The fourth-order valence-corrected chi connectivity index (χ4v) is 5.16. The minimum Gasteiger partial charge on any atom is -0.466 e. The summed E-state index contributed by atoms with van der Waals surface area (Å²) in [6.07, 6.45) is 4.89. The summed E-state index contributed by atoms with van der Waals surface area (Å²) >= 11 is 0. The van der Waals surface area contributed by atoms with E-state index in [-0.39, 0.29) is 0 Å². The highest BCUT2D eigenvalue weighted by molar-refractivity contribution is 6.13. The highest BCUT2D eigenvalue weighted by atomic mass is 16.3. The molecular weight excluding hydrogens is 380 g/mol. The molecular formula is C28H29N2O+. The van der Waals surface area contributed by atoms with Crippen LogP contribution in [0.15, 0.2) is 40.8 Å². The van der Waals surface area contributed by atoms with Crippen molar-refractivity contribution in [2.24, 2.45) is 7.05 Å². The van der Waals surface area contributed by atoms with Gasteiger partial charge in [-0.2, -0.15) is 4.57 Å². The average molecular weight is 411 g/mol. The van der Waals surface area contributed by atoms with Gasteiger partial charge in [-0.25, -0.2) is 4.85 Å². The third-order valence-corrected chi connectivity index (χ3v) is 6.89. The lowest BCUT2D eigenvalue weighted by molar-refractivity contribution is -0.666. The lowest BCUT2D eigenvalue weighted by Gasteiger charge is -2.23. The van der Waals surface area contributed by atoms with Crippen LogP contribution in [0, 0.1) is 27.3 Å². The molecule has 1 saturated carbocycles. The number of fused-ring (bicyclic) bond motifs is 3. The second-order valence-corrected chi connectivity index (χ2v) is 8.97. The lowest BCUT2D eigenvalue weighted by Crippen LogP contribution is -2.35. The fraction of sp³-hybridized carbons (Fsp3) is 0.357. The van der Waals surface area contributed by atoms with Gasteiger partial charge in [-0.1, -0.05) is 43.5 Å². The summed E-state index contributed by atoms with van der Waals surface area (Å²) in [4.78, 5) is 3.92. The monoisotopic (exact) mass is 410 g/mol. The quantitative estimate of drug-likeness (QED) is 0.246. The summed E-state index contributed by atoms with van der Waals surface area (Å²) in [5.74, 6) is -0.690. The van der Waals surface area contributed by atoms with Crippen molar-refractivity contribution < 1.29 is 10.4 Å². The zero-order chi connectivity index (χ0) is 22.6. The molecule has 1 aliphatic rings. The number of hydrogen-bond acceptors (Lipinski definition) is 1. The molecule has 0 N–H and O–H groups in total. The topological polar surface area (TPSA) is 21.4 Å². The SMILES string of the molecule is [2H]C1(c2ccc3c(oc4c(-c5cc(C)cc(C)[n+]5C)c(C)ccc43)c2[N+]#[C-])CCCCC1. The molecule has 0 aliphatic heterocycles. The maximum atomic E-state index is 9.11. The normalized spacial score (nSPS) is 16.4. The summed E-state index contributed by atoms with van der Waals surface area (Å²) in [7, 11) is 2.08. The van der Waals surface area contributed by atoms with Gasteiger partial charge in [0.25, 0.3) is 0 Å². The molecule has 0 bridgehead atoms. The minimum absolute atomic E-state index is 0.518. The van der Waals surface area contributed by atoms with Crippen molar-refractivity contribution in [3.05, 3.63) is 70.2 Å². The van der Waals surface area contributed by atoms with Crippen LogP contribution in [0.4, 0.5) is 5.69 Å². The van der Waals surface area contributed by atoms with Gasteiger partial charge in [0.15, 0.2) is 5.69 Å². The van der Waals surface area contributed by atoms with Gasteiger partial charge in [-0.3, -0.25) is 0 Å². The first-order valence-corrected chi connectivity index (χ1v) is 11.2. The molecule has 2 heterocycles. The van der Waals surface area contributed by atoms with Crippen molar-refractivity contribution in [1.82, 2.24) is 0 Å². The Hall–Kier alpha value is -3.12. The van der Waals surface area contributed by atoms with Crippen LogP contribution >= 0.6 is 0 Å². The summed E-state index contributed by atoms with van der Waals surface area (Å²) in [5.41, 5.74) is 8.52. The van der Waals surface area contributed by atoms with E-state index in [1.807, 2.05) is 6.07 Å². The maximum absolute atomic E-state index is 9.11. The van der Waals surface area contributed by atoms with E-state index in [0.29, 0.717) is 11.3 Å². The van der Waals surface area contributed by atoms with Crippen molar-refractivity contribution in [2.75, 3.05) is 0 Å². The van der Waals surface area contributed by atoms with Crippen LogP contribution in [0.1, 0.15) is 61.8 Å². The smallest absolute Gasteiger partial charge is 0.232 e. The van der Waals surface area contributed by atoms with Crippen molar-refractivity contribution >= 4 is 27.6 Å². The van der Waals surface area contributed by atoms with Crippen LogP contribution in [0.2, 0.25) is 0 Å². The number of benzene rings is 2. The van der Waals surface area contributed by atoms with E-state index in [1.54, 1.807) is 0 Å². The Bertz CT molecular complexity index is 1420. The predicted molar refractivity (Wildman–Crippen MR) is 127 cm³/mol. The molecule has 4 aromatic rings. The van der Waals surface area contributed by atoms with Crippen LogP contribution in [0.25, 0.3) is 38.0 Å². The van der Waals surface area contributed by atoms with E-state index in [9.17, 15) is 0 Å². The Balaban J connectivity index is 1.84. The van der Waals surface area contributed by atoms with E-state index < -0.39 is 5.89 Å². The Morgan fingerprint density at radius 1 is 1.00 bits per heavy atom. The fourth-order valence-electron chi connectivity index (χ4n) is 5.16. The molecule has 0 atom stereocenters. The minimum atomic E-state index is -0.690. The van der Waals surface area contributed by atoms with E-state index >= 15 is 0 Å². The molecule has 0 radical (unpaired) electrons. The molecule has 0 saturated heterocycles. The van der Waals surface area contributed by atoms with Gasteiger partial charge in [0.05, 0.1) is 12.1 Å². The van der Waals surface area contributed by atoms with E-state index in [4.69, 9.17) is 12.4 Å². The number of pyridine rings is 1. The maximum Gasteiger partial charge on any atom is 0.232 e. The Morgan fingerprint density at radius 3 is 2.45 bits per heavy atom. The molecule has 0 amide bonds. The van der Waals surface area contributed by atoms with Crippen LogP contribution in [0.3, 0.4) is 0 Å². The molecule has 0 spiro atoms. The van der Waals surface area contributed by atoms with Gasteiger partial charge in [-0.05, 0) is 49.3 Å². The first kappa shape index (κ1) is 18.6. The molecule has 3 nitrogen and oxygen atoms in total. The first-order chi connectivity index (χ1) is 15.3. The Kier molecular flexibility index (Phi) is 4.53. The number of hydrogen-bond donors (Lipinski definition) is 0. The van der Waals surface area contributed by atoms with E-state index in [1.165, 1.54) is 17.7 Å². The van der Waals surface area contributed by atoms with E-state index in [2.05, 4.69) is 67.6 Å². The summed E-state index contributed by atoms with van der Waals surface area (Å²) in [6.45, 7) is 14.3. The standard InChI is InChI=1S/C28H29N2O/c1-17-15-19(3)30(5)24(16-17)25-18(2)11-12-22-23-14-13-21(20-9-7-6-8-10-20)26(29-4)28(23)31-27(22)25/h11-16,20H,6-10H2,1-3,5H3/q+1/i20D. The lowest BCUT2D eigenvalue weighted by atomic mass is 9.83. The van der Waals surface area contributed by atoms with Gasteiger partial charge in [0.1, 0.15) is 18.2 Å². The molecule has 2 aromatic carbocycles. The molecule has 2 aromatic heterocycles. The summed E-state index contributed by atoms with van der Waals surface area (Å²) in [5, 5.41) is 1.99. The molecule has 0 unspecified atom stereocenters. The van der Waals surface area contributed by atoms with Gasteiger partial charge in [-0.15, -0.1) is 0 Å². The zero-order valence-electron chi connectivity index (χ0n) is 19.8. The highest BCUT2D eigenvalue weighted by Gasteiger charge is 2.26. The summed E-state index contributed by atoms with van der Waals surface area (Å²) < 4.78 is 17.9. The van der Waals surface area contributed by atoms with Gasteiger partial charge >= 0.3 is 0 Å². The molecule has 1 fully saturated rings. The third kappa shape index (κ3) is 3.13. The highest BCUT2D eigenvalue weighted by Crippen LogP contribution is 2.45. The Labute approximate surface area is 185 Å². The Morgan fingerprint density at radius 2 is 1.71 bits per heavy atom. The molecule has 5 rings (SSSR count). The molecule has 31 heavy (non-hydrogen) atoms. The van der Waals surface area contributed by atoms with Crippen LogP contribution in [-0.4, -0.2) is 0 Å². The van der Waals surface area contributed by atoms with Crippen LogP contribution in [-0.2, 0) is 7.05 Å². The largest absolute Gasteiger partial charge is 0.466 e. The predicted octanol–water partition coefficient (Wildman–Crippen LogP) is 7.60. The molecule has 3 heteroatoms. The van der Waals surface area contributed by atoms with Crippen molar-refractivity contribution in [1.29, 1.82) is 0 Å². The first-order valence-electron chi connectivity index (χ1n) is 11.7. The zero-order valence-corrected chi connectivity index (χ0v) is 18.8. The van der Waals surface area contributed by atoms with Crippen LogP contribution < -0.4 is 4.57 Å². The second-order valence-electron chi connectivity index (χ2n) is 8.97. The van der Waals surface area contributed by atoms with Gasteiger partial charge < -0.3 is 4.42 Å². The van der Waals surface area contributed by atoms with Crippen LogP contribution in [0.5, 0.6) is 0 Å². The van der Waals surface area contributed by atoms with Crippen molar-refractivity contribution in [3.63, 3.8) is 0 Å². The average Bonchev–Trinajstić information content (AvgIpc) is 3.15. The second kappa shape index (κ2) is 7.54. The summed E-state index contributed by atoms with van der Waals surface area (Å²) in [6, 6.07) is 12.7. The number of nitrogens with zero attached hydrogens (tertiary/aromatic N) is 2. The van der Waals surface area contributed by atoms with Crippen molar-refractivity contribution in [2.45, 2.75) is 58.8 Å². The van der Waals surface area contributed by atoms with Crippen molar-refractivity contribution in [3.8, 4) is 11.3 Å². The van der Waals surface area contributed by atoms with E-state index in [0.717, 1.165) is 64.4 Å². The number of aryl methyl sites for hydroxylation is 3. The number of rotatable bonds is 2. The van der Waals surface area contributed by atoms with Gasteiger partial charge in [0, 0.05) is 31.2 Å². The van der Waals surface area contributed by atoms with Gasteiger partial charge in [0.2, 0.25) is 11.4 Å². The molecule has 156 valence electrons. The third-order valence-electron chi connectivity index (χ3n) is 6.89. The molecule has 1 aliphatic carbocycles. The number of furan rings is 1. The number of aromatic nitrogens is 1.